The average Bonchev–Trinajstić information content (AvgIpc) is 3.19. The summed E-state index contributed by atoms with van der Waals surface area (Å²) in [5.74, 6) is -0.464. The van der Waals surface area contributed by atoms with Gasteiger partial charge in [0, 0.05) is 5.39 Å². The van der Waals surface area contributed by atoms with Crippen molar-refractivity contribution >= 4 is 27.5 Å². The number of carbonyl (C=O) groups excluding carboxylic acids is 1. The number of rotatable bonds is 3. The van der Waals surface area contributed by atoms with Gasteiger partial charge in [0.05, 0.1) is 28.4 Å². The van der Waals surface area contributed by atoms with Crippen LogP contribution in [0.1, 0.15) is 41.0 Å². The first kappa shape index (κ1) is 17.2. The summed E-state index contributed by atoms with van der Waals surface area (Å²) in [5.41, 5.74) is 1.57. The smallest absolute Gasteiger partial charge is 0.261 e. The van der Waals surface area contributed by atoms with Gasteiger partial charge >= 0.3 is 0 Å². The molecule has 0 bridgehead atoms. The number of fused-ring (bicyclic) bond motifs is 1. The minimum atomic E-state index is -0.474. The van der Waals surface area contributed by atoms with Crippen molar-refractivity contribution in [1.82, 2.24) is 15.1 Å². The molecular formula is C19H20FN3O2S. The van der Waals surface area contributed by atoms with Crippen LogP contribution in [0.15, 0.2) is 30.3 Å². The van der Waals surface area contributed by atoms with Crippen LogP contribution >= 0.6 is 11.3 Å². The molecule has 3 aromatic rings. The Balaban J connectivity index is 1.64. The lowest BCUT2D eigenvalue weighted by atomic mass is 9.92. The van der Waals surface area contributed by atoms with Gasteiger partial charge in [-0.25, -0.2) is 9.07 Å². The number of halogens is 1. The third-order valence-electron chi connectivity index (χ3n) is 4.89. The Kier molecular flexibility index (Phi) is 4.50. The number of nitrogens with one attached hydrogen (secondary N) is 1. The van der Waals surface area contributed by atoms with Gasteiger partial charge < -0.3 is 10.4 Å². The van der Waals surface area contributed by atoms with E-state index in [1.165, 1.54) is 23.5 Å². The van der Waals surface area contributed by atoms with E-state index in [0.717, 1.165) is 47.3 Å². The monoisotopic (exact) mass is 373 g/mol. The second-order valence-corrected chi connectivity index (χ2v) is 7.77. The van der Waals surface area contributed by atoms with Crippen molar-refractivity contribution in [2.24, 2.45) is 0 Å². The summed E-state index contributed by atoms with van der Waals surface area (Å²) in [4.78, 5) is 14.1. The van der Waals surface area contributed by atoms with Crippen LogP contribution in [-0.4, -0.2) is 32.9 Å². The summed E-state index contributed by atoms with van der Waals surface area (Å²) in [5, 5.41) is 18.5. The molecular weight excluding hydrogens is 353 g/mol. The lowest BCUT2D eigenvalue weighted by molar-refractivity contribution is 0.0720. The van der Waals surface area contributed by atoms with Gasteiger partial charge in [0.1, 0.15) is 10.6 Å². The van der Waals surface area contributed by atoms with Crippen molar-refractivity contribution in [3.8, 4) is 5.69 Å². The first-order valence-corrected chi connectivity index (χ1v) is 9.58. The quantitative estimate of drug-likeness (QED) is 0.738. The zero-order chi connectivity index (χ0) is 18.3. The fourth-order valence-corrected chi connectivity index (χ4v) is 4.52. The number of aliphatic hydroxyl groups excluding tert-OH is 1. The largest absolute Gasteiger partial charge is 0.391 e. The number of hydrogen-bond donors (Lipinski definition) is 2. The maximum Gasteiger partial charge on any atom is 0.261 e. The van der Waals surface area contributed by atoms with Gasteiger partial charge in [0.2, 0.25) is 0 Å². The molecule has 7 heteroatoms. The molecule has 0 saturated heterocycles. The predicted molar refractivity (Wildman–Crippen MR) is 99.4 cm³/mol. The number of amides is 1. The van der Waals surface area contributed by atoms with E-state index >= 15 is 0 Å². The van der Waals surface area contributed by atoms with Crippen LogP contribution in [0.25, 0.3) is 15.9 Å². The lowest BCUT2D eigenvalue weighted by Crippen LogP contribution is -2.44. The summed E-state index contributed by atoms with van der Waals surface area (Å²) in [6.45, 7) is 1.89. The van der Waals surface area contributed by atoms with Gasteiger partial charge in [-0.1, -0.05) is 12.8 Å². The molecule has 2 heterocycles. The first-order chi connectivity index (χ1) is 12.5. The molecule has 2 atom stereocenters. The molecule has 2 aromatic heterocycles. The van der Waals surface area contributed by atoms with Crippen LogP contribution in [0.2, 0.25) is 0 Å². The van der Waals surface area contributed by atoms with Crippen LogP contribution in [0.4, 0.5) is 4.39 Å². The van der Waals surface area contributed by atoms with Gasteiger partial charge in [-0.05, 0) is 50.1 Å². The molecule has 26 heavy (non-hydrogen) atoms. The number of nitrogens with zero attached hydrogens (tertiary/aromatic N) is 2. The second kappa shape index (κ2) is 6.81. The Labute approximate surface area is 154 Å². The van der Waals surface area contributed by atoms with Crippen molar-refractivity contribution in [2.75, 3.05) is 0 Å². The molecule has 0 spiro atoms. The molecule has 2 N–H and O–H groups in total. The number of aromatic nitrogens is 2. The minimum Gasteiger partial charge on any atom is -0.391 e. The normalized spacial score (nSPS) is 20.4. The zero-order valence-corrected chi connectivity index (χ0v) is 15.2. The molecule has 1 amide bonds. The molecule has 5 nitrogen and oxygen atoms in total. The average molecular weight is 373 g/mol. The third kappa shape index (κ3) is 3.12. The van der Waals surface area contributed by atoms with E-state index in [9.17, 15) is 14.3 Å². The molecule has 1 fully saturated rings. The highest BCUT2D eigenvalue weighted by Crippen LogP contribution is 2.31. The molecule has 1 aromatic carbocycles. The predicted octanol–water partition coefficient (Wildman–Crippen LogP) is 3.57. The Morgan fingerprint density at radius 1 is 1.31 bits per heavy atom. The highest BCUT2D eigenvalue weighted by molar-refractivity contribution is 7.20. The van der Waals surface area contributed by atoms with E-state index < -0.39 is 6.10 Å². The zero-order valence-electron chi connectivity index (χ0n) is 14.4. The Morgan fingerprint density at radius 3 is 2.77 bits per heavy atom. The molecule has 1 aliphatic rings. The summed E-state index contributed by atoms with van der Waals surface area (Å²) < 4.78 is 14.9. The van der Waals surface area contributed by atoms with Crippen LogP contribution < -0.4 is 5.32 Å². The Bertz CT molecular complexity index is 948. The number of aliphatic hydroxyl groups is 1. The number of hydrogen-bond acceptors (Lipinski definition) is 4. The van der Waals surface area contributed by atoms with Crippen molar-refractivity contribution in [3.05, 3.63) is 46.7 Å². The van der Waals surface area contributed by atoms with E-state index in [0.29, 0.717) is 4.88 Å². The maximum atomic E-state index is 13.2. The number of thiophene rings is 1. The molecule has 4 rings (SSSR count). The van der Waals surface area contributed by atoms with Crippen molar-refractivity contribution in [3.63, 3.8) is 0 Å². The van der Waals surface area contributed by atoms with E-state index in [2.05, 4.69) is 10.4 Å². The fraction of sp³-hybridized carbons (Fsp3) is 0.368. The van der Waals surface area contributed by atoms with E-state index in [4.69, 9.17) is 0 Å². The summed E-state index contributed by atoms with van der Waals surface area (Å²) in [7, 11) is 0. The van der Waals surface area contributed by atoms with Gasteiger partial charge in [-0.3, -0.25) is 4.79 Å². The van der Waals surface area contributed by atoms with Gasteiger partial charge in [0.25, 0.3) is 5.91 Å². The summed E-state index contributed by atoms with van der Waals surface area (Å²) >= 11 is 1.35. The van der Waals surface area contributed by atoms with Crippen LogP contribution in [0, 0.1) is 12.7 Å². The molecule has 0 radical (unpaired) electrons. The topological polar surface area (TPSA) is 67.2 Å². The van der Waals surface area contributed by atoms with Gasteiger partial charge in [0.15, 0.2) is 0 Å². The third-order valence-corrected chi connectivity index (χ3v) is 5.99. The molecule has 0 aliphatic heterocycles. The van der Waals surface area contributed by atoms with Gasteiger partial charge in [-0.2, -0.15) is 5.10 Å². The fourth-order valence-electron chi connectivity index (χ4n) is 3.44. The highest BCUT2D eigenvalue weighted by atomic mass is 32.1. The molecule has 1 aliphatic carbocycles. The minimum absolute atomic E-state index is 0.165. The summed E-state index contributed by atoms with van der Waals surface area (Å²) in [6.07, 6.45) is 3.09. The number of aryl methyl sites for hydroxylation is 1. The number of benzene rings is 1. The Morgan fingerprint density at radius 2 is 2.04 bits per heavy atom. The second-order valence-electron chi connectivity index (χ2n) is 6.73. The standard InChI is InChI=1S/C19H20FN3O2S/c1-11-14-10-17(18(25)21-15-4-2-3-5-16(15)24)26-19(14)23(22-11)13-8-6-12(20)7-9-13/h6-10,15-16,24H,2-5H2,1H3,(H,21,25)/t15-,16+/m0/s1. The maximum absolute atomic E-state index is 13.2. The molecule has 1 saturated carbocycles. The van der Waals surface area contributed by atoms with Crippen LogP contribution in [-0.2, 0) is 0 Å². The van der Waals surface area contributed by atoms with Crippen molar-refractivity contribution < 1.29 is 14.3 Å². The molecule has 0 unspecified atom stereocenters. The molecule has 136 valence electrons. The summed E-state index contributed by atoms with van der Waals surface area (Å²) in [6, 6.07) is 7.77. The van der Waals surface area contributed by atoms with E-state index in [-0.39, 0.29) is 17.8 Å². The Hall–Kier alpha value is -2.25. The van der Waals surface area contributed by atoms with Gasteiger partial charge in [-0.15, -0.1) is 11.3 Å². The van der Waals surface area contributed by atoms with Crippen molar-refractivity contribution in [1.29, 1.82) is 0 Å². The first-order valence-electron chi connectivity index (χ1n) is 8.77. The van der Waals surface area contributed by atoms with Crippen molar-refractivity contribution in [2.45, 2.75) is 44.8 Å². The van der Waals surface area contributed by atoms with E-state index in [1.54, 1.807) is 16.8 Å². The van der Waals surface area contributed by atoms with E-state index in [1.807, 2.05) is 13.0 Å². The number of carbonyl (C=O) groups is 1. The highest BCUT2D eigenvalue weighted by Gasteiger charge is 2.26. The van der Waals surface area contributed by atoms with Crippen LogP contribution in [0.3, 0.4) is 0 Å². The SMILES string of the molecule is Cc1nn(-c2ccc(F)cc2)c2sc(C(=O)N[C@H]3CCCC[C@H]3O)cc12. The lowest BCUT2D eigenvalue weighted by Gasteiger charge is -2.28. The van der Waals surface area contributed by atoms with Crippen LogP contribution in [0.5, 0.6) is 0 Å².